The van der Waals surface area contributed by atoms with Crippen LogP contribution in [-0.2, 0) is 22.5 Å². The van der Waals surface area contributed by atoms with Gasteiger partial charge < -0.3 is 14.4 Å². The van der Waals surface area contributed by atoms with Crippen LogP contribution in [0.5, 0.6) is 5.75 Å². The van der Waals surface area contributed by atoms with Gasteiger partial charge in [-0.15, -0.1) is 0 Å². The molecule has 2 aromatic rings. The summed E-state index contributed by atoms with van der Waals surface area (Å²) in [4.78, 5) is 17.6. The van der Waals surface area contributed by atoms with Gasteiger partial charge in [-0.1, -0.05) is 36.4 Å². The van der Waals surface area contributed by atoms with Crippen molar-refractivity contribution in [2.75, 3.05) is 39.5 Å². The Morgan fingerprint density at radius 1 is 1.13 bits per heavy atom. The Balaban J connectivity index is 1.47. The lowest BCUT2D eigenvalue weighted by atomic mass is 10.1. The van der Waals surface area contributed by atoms with E-state index in [1.165, 1.54) is 5.56 Å². The van der Waals surface area contributed by atoms with E-state index < -0.39 is 0 Å². The third-order valence-electron chi connectivity index (χ3n) is 5.77. The quantitative estimate of drug-likeness (QED) is 0.661. The molecule has 5 heteroatoms. The highest BCUT2D eigenvalue weighted by Gasteiger charge is 2.22. The second kappa shape index (κ2) is 9.92. The van der Waals surface area contributed by atoms with Gasteiger partial charge in [0.2, 0.25) is 5.91 Å². The molecule has 2 aromatic carbocycles. The first-order chi connectivity index (χ1) is 14.7. The van der Waals surface area contributed by atoms with Gasteiger partial charge in [0, 0.05) is 44.7 Å². The lowest BCUT2D eigenvalue weighted by Crippen LogP contribution is -2.47. The average Bonchev–Trinajstić information content (AvgIpc) is 3.25. The molecule has 0 aliphatic carbocycles. The number of morpholine rings is 1. The fraction of sp³-hybridized carbons (Fsp3) is 0.400. The van der Waals surface area contributed by atoms with Gasteiger partial charge in [-0.05, 0) is 41.8 Å². The number of nitrogens with zero attached hydrogens (tertiary/aromatic N) is 2. The summed E-state index contributed by atoms with van der Waals surface area (Å²) in [7, 11) is 0. The van der Waals surface area contributed by atoms with E-state index in [9.17, 15) is 4.79 Å². The third-order valence-corrected chi connectivity index (χ3v) is 5.77. The minimum Gasteiger partial charge on any atom is -0.493 e. The van der Waals surface area contributed by atoms with Crippen LogP contribution in [0.3, 0.4) is 0 Å². The number of hydrogen-bond donors (Lipinski definition) is 0. The summed E-state index contributed by atoms with van der Waals surface area (Å²) in [6, 6.07) is 16.4. The van der Waals surface area contributed by atoms with Gasteiger partial charge in [0.1, 0.15) is 5.75 Å². The van der Waals surface area contributed by atoms with Crippen molar-refractivity contribution in [2.24, 2.45) is 0 Å². The number of carbonyl (C=O) groups is 1. The normalized spacial score (nSPS) is 17.5. The summed E-state index contributed by atoms with van der Waals surface area (Å²) in [6.07, 6.45) is 4.55. The molecule has 158 valence electrons. The van der Waals surface area contributed by atoms with Crippen molar-refractivity contribution in [3.63, 3.8) is 0 Å². The summed E-state index contributed by atoms with van der Waals surface area (Å²) >= 11 is 0. The van der Waals surface area contributed by atoms with E-state index in [0.717, 1.165) is 62.8 Å². The minimum absolute atomic E-state index is 0.0383. The fourth-order valence-electron chi connectivity index (χ4n) is 4.06. The number of benzene rings is 2. The molecule has 0 spiro atoms. The first-order valence-electron chi connectivity index (χ1n) is 10.8. The molecule has 1 atom stereocenters. The monoisotopic (exact) mass is 406 g/mol. The zero-order valence-corrected chi connectivity index (χ0v) is 17.6. The average molecular weight is 407 g/mol. The fourth-order valence-corrected chi connectivity index (χ4v) is 4.06. The molecule has 1 fully saturated rings. The molecule has 0 bridgehead atoms. The number of ether oxygens (including phenoxy) is 2. The molecule has 30 heavy (non-hydrogen) atoms. The maximum Gasteiger partial charge on any atom is 0.247 e. The van der Waals surface area contributed by atoms with Crippen molar-refractivity contribution in [3.8, 4) is 5.75 Å². The van der Waals surface area contributed by atoms with E-state index in [4.69, 9.17) is 9.47 Å². The van der Waals surface area contributed by atoms with Gasteiger partial charge in [0.25, 0.3) is 0 Å². The van der Waals surface area contributed by atoms with Crippen LogP contribution in [0.2, 0.25) is 0 Å². The van der Waals surface area contributed by atoms with E-state index in [1.807, 2.05) is 41.3 Å². The van der Waals surface area contributed by atoms with Crippen LogP contribution in [0.25, 0.3) is 6.08 Å². The van der Waals surface area contributed by atoms with Crippen molar-refractivity contribution < 1.29 is 14.3 Å². The zero-order valence-electron chi connectivity index (χ0n) is 17.6. The number of amides is 1. The molecular formula is C25H30N2O3. The Morgan fingerprint density at radius 3 is 2.73 bits per heavy atom. The van der Waals surface area contributed by atoms with Crippen LogP contribution in [-0.4, -0.2) is 61.2 Å². The predicted molar refractivity (Wildman–Crippen MR) is 118 cm³/mol. The molecular weight excluding hydrogens is 376 g/mol. The molecule has 2 aliphatic heterocycles. The van der Waals surface area contributed by atoms with Crippen molar-refractivity contribution >= 4 is 12.0 Å². The number of hydrogen-bond acceptors (Lipinski definition) is 4. The van der Waals surface area contributed by atoms with Crippen LogP contribution < -0.4 is 4.74 Å². The molecule has 1 unspecified atom stereocenters. The molecule has 0 N–H and O–H groups in total. The smallest absolute Gasteiger partial charge is 0.247 e. The number of rotatable bonds is 7. The van der Waals surface area contributed by atoms with Crippen LogP contribution >= 0.6 is 0 Å². The maximum absolute atomic E-state index is 13.2. The van der Waals surface area contributed by atoms with Gasteiger partial charge >= 0.3 is 0 Å². The lowest BCUT2D eigenvalue weighted by molar-refractivity contribution is -0.129. The topological polar surface area (TPSA) is 42.0 Å². The first-order valence-corrected chi connectivity index (χ1v) is 10.8. The molecule has 0 aromatic heterocycles. The van der Waals surface area contributed by atoms with E-state index >= 15 is 0 Å². The van der Waals surface area contributed by atoms with Crippen molar-refractivity contribution in [1.29, 1.82) is 0 Å². The van der Waals surface area contributed by atoms with Crippen molar-refractivity contribution in [1.82, 2.24) is 9.80 Å². The molecule has 0 saturated carbocycles. The summed E-state index contributed by atoms with van der Waals surface area (Å²) in [5, 5.41) is 0. The van der Waals surface area contributed by atoms with Gasteiger partial charge in [0.05, 0.1) is 19.8 Å². The number of carbonyl (C=O) groups excluding carboxylic acids is 1. The summed E-state index contributed by atoms with van der Waals surface area (Å²) in [5.41, 5.74) is 3.39. The summed E-state index contributed by atoms with van der Waals surface area (Å²) < 4.78 is 11.0. The molecule has 0 radical (unpaired) electrons. The minimum atomic E-state index is 0.0383. The Labute approximate surface area is 178 Å². The maximum atomic E-state index is 13.2. The second-order valence-corrected chi connectivity index (χ2v) is 8.01. The highest BCUT2D eigenvalue weighted by Crippen LogP contribution is 2.26. The van der Waals surface area contributed by atoms with Gasteiger partial charge in [-0.2, -0.15) is 0 Å². The molecule has 1 saturated heterocycles. The summed E-state index contributed by atoms with van der Waals surface area (Å²) in [5.74, 6) is 1.000. The molecule has 4 rings (SSSR count). The van der Waals surface area contributed by atoms with E-state index in [1.54, 1.807) is 6.08 Å². The van der Waals surface area contributed by atoms with Crippen LogP contribution in [0.15, 0.2) is 54.6 Å². The summed E-state index contributed by atoms with van der Waals surface area (Å²) in [6.45, 7) is 7.71. The van der Waals surface area contributed by atoms with Gasteiger partial charge in [0.15, 0.2) is 0 Å². The standard InChI is InChI=1S/C25H30N2O3/c1-20(18-26-12-15-29-16-13-26)27(19-22-5-3-2-4-6-22)25(28)10-8-21-7-9-24-23(17-21)11-14-30-24/h2-10,17,20H,11-16,18-19H2,1H3/b10-8+. The van der Waals surface area contributed by atoms with Crippen LogP contribution in [0.1, 0.15) is 23.6 Å². The van der Waals surface area contributed by atoms with Crippen LogP contribution in [0, 0.1) is 0 Å². The highest BCUT2D eigenvalue weighted by molar-refractivity contribution is 5.92. The van der Waals surface area contributed by atoms with E-state index in [-0.39, 0.29) is 11.9 Å². The lowest BCUT2D eigenvalue weighted by Gasteiger charge is -2.34. The van der Waals surface area contributed by atoms with E-state index in [2.05, 4.69) is 30.0 Å². The highest BCUT2D eigenvalue weighted by atomic mass is 16.5. The first kappa shape index (κ1) is 20.6. The molecule has 5 nitrogen and oxygen atoms in total. The van der Waals surface area contributed by atoms with Crippen molar-refractivity contribution in [2.45, 2.75) is 25.9 Å². The van der Waals surface area contributed by atoms with Gasteiger partial charge in [-0.25, -0.2) is 0 Å². The Kier molecular flexibility index (Phi) is 6.82. The van der Waals surface area contributed by atoms with Gasteiger partial charge in [-0.3, -0.25) is 9.69 Å². The second-order valence-electron chi connectivity index (χ2n) is 8.01. The van der Waals surface area contributed by atoms with Crippen molar-refractivity contribution in [3.05, 3.63) is 71.3 Å². The Bertz CT molecular complexity index is 875. The SMILES string of the molecule is CC(CN1CCOCC1)N(Cc1ccccc1)C(=O)/C=C/c1ccc2c(c1)CCO2. The Hall–Kier alpha value is -2.63. The van der Waals surface area contributed by atoms with Crippen LogP contribution in [0.4, 0.5) is 0 Å². The predicted octanol–water partition coefficient (Wildman–Crippen LogP) is 3.38. The zero-order chi connectivity index (χ0) is 20.8. The molecule has 2 heterocycles. The third kappa shape index (κ3) is 5.29. The molecule has 2 aliphatic rings. The Morgan fingerprint density at radius 2 is 1.93 bits per heavy atom. The number of fused-ring (bicyclic) bond motifs is 1. The van der Waals surface area contributed by atoms with E-state index in [0.29, 0.717) is 6.54 Å². The largest absolute Gasteiger partial charge is 0.493 e. The molecule has 1 amide bonds.